The molecule has 1 unspecified atom stereocenters. The highest BCUT2D eigenvalue weighted by molar-refractivity contribution is 7.99. The molecule has 1 aromatic rings. The molecule has 3 N–H and O–H groups in total. The number of nitrogens with two attached hydrogens (primary N) is 1. The predicted molar refractivity (Wildman–Crippen MR) is 82.2 cm³/mol. The van der Waals surface area contributed by atoms with Gasteiger partial charge in [0.05, 0.1) is 0 Å². The van der Waals surface area contributed by atoms with Crippen LogP contribution in [0.4, 0.5) is 0 Å². The van der Waals surface area contributed by atoms with E-state index < -0.39 is 0 Å². The second kappa shape index (κ2) is 7.56. The van der Waals surface area contributed by atoms with Crippen LogP contribution in [-0.4, -0.2) is 24.2 Å². The quantitative estimate of drug-likeness (QED) is 0.622. The molecule has 1 aromatic carbocycles. The van der Waals surface area contributed by atoms with E-state index in [4.69, 9.17) is 5.73 Å². The van der Waals surface area contributed by atoms with Crippen LogP contribution >= 0.6 is 11.8 Å². The third-order valence-electron chi connectivity index (χ3n) is 2.95. The number of carbonyl (C=O) groups excluding carboxylic acids is 1. The molecule has 106 valence electrons. The summed E-state index contributed by atoms with van der Waals surface area (Å²) in [5.41, 5.74) is 5.95. The van der Waals surface area contributed by atoms with E-state index in [1.54, 1.807) is 11.8 Å². The third-order valence-corrected chi connectivity index (χ3v) is 3.97. The van der Waals surface area contributed by atoms with Crippen LogP contribution in [0.15, 0.2) is 35.2 Å². The summed E-state index contributed by atoms with van der Waals surface area (Å²) in [7, 11) is 0. The molecule has 0 fully saturated rings. The van der Waals surface area contributed by atoms with Crippen LogP contribution in [0.1, 0.15) is 27.2 Å². The standard InChI is InChI=1S/C15H24N2OS/c1-15(2,3)13(16)11-14(18)17-9-10-19-12-7-5-4-6-8-12/h4-8,13H,9-11,16H2,1-3H3,(H,17,18). The zero-order valence-electron chi connectivity index (χ0n) is 12.0. The van der Waals surface area contributed by atoms with E-state index in [1.807, 2.05) is 18.2 Å². The first-order valence-electron chi connectivity index (χ1n) is 6.59. The lowest BCUT2D eigenvalue weighted by Gasteiger charge is -2.26. The summed E-state index contributed by atoms with van der Waals surface area (Å²) >= 11 is 1.74. The summed E-state index contributed by atoms with van der Waals surface area (Å²) in [6.45, 7) is 6.83. The SMILES string of the molecule is CC(C)(C)C(N)CC(=O)NCCSc1ccccc1. The second-order valence-corrected chi connectivity index (χ2v) is 6.86. The van der Waals surface area contributed by atoms with Gasteiger partial charge in [0.25, 0.3) is 0 Å². The number of nitrogens with one attached hydrogen (secondary N) is 1. The Balaban J connectivity index is 2.18. The summed E-state index contributed by atoms with van der Waals surface area (Å²) < 4.78 is 0. The maximum absolute atomic E-state index is 11.7. The topological polar surface area (TPSA) is 55.1 Å². The molecule has 0 radical (unpaired) electrons. The lowest BCUT2D eigenvalue weighted by molar-refractivity contribution is -0.121. The maximum Gasteiger partial charge on any atom is 0.221 e. The molecule has 0 heterocycles. The first-order chi connectivity index (χ1) is 8.89. The van der Waals surface area contributed by atoms with Crippen LogP contribution in [0.2, 0.25) is 0 Å². The molecule has 1 rings (SSSR count). The molecule has 3 nitrogen and oxygen atoms in total. The van der Waals surface area contributed by atoms with Gasteiger partial charge in [-0.25, -0.2) is 0 Å². The largest absolute Gasteiger partial charge is 0.355 e. The van der Waals surface area contributed by atoms with Crippen LogP contribution in [0.3, 0.4) is 0 Å². The van der Waals surface area contributed by atoms with Gasteiger partial charge in [0.1, 0.15) is 0 Å². The van der Waals surface area contributed by atoms with Crippen molar-refractivity contribution in [3.05, 3.63) is 30.3 Å². The summed E-state index contributed by atoms with van der Waals surface area (Å²) in [6, 6.07) is 10.1. The molecule has 0 bridgehead atoms. The number of hydrogen-bond donors (Lipinski definition) is 2. The van der Waals surface area contributed by atoms with E-state index >= 15 is 0 Å². The Morgan fingerprint density at radius 3 is 2.53 bits per heavy atom. The summed E-state index contributed by atoms with van der Waals surface area (Å²) in [5, 5.41) is 2.92. The van der Waals surface area contributed by atoms with Gasteiger partial charge in [0, 0.05) is 29.7 Å². The molecule has 0 aliphatic carbocycles. The van der Waals surface area contributed by atoms with Gasteiger partial charge in [-0.2, -0.15) is 0 Å². The van der Waals surface area contributed by atoms with Crippen LogP contribution in [-0.2, 0) is 4.79 Å². The number of thioether (sulfide) groups is 1. The van der Waals surface area contributed by atoms with Crippen LogP contribution in [0, 0.1) is 5.41 Å². The van der Waals surface area contributed by atoms with Gasteiger partial charge < -0.3 is 11.1 Å². The Labute approximate surface area is 120 Å². The van der Waals surface area contributed by atoms with E-state index in [9.17, 15) is 4.79 Å². The van der Waals surface area contributed by atoms with E-state index in [1.165, 1.54) is 4.90 Å². The highest BCUT2D eigenvalue weighted by Crippen LogP contribution is 2.19. The third kappa shape index (κ3) is 6.64. The van der Waals surface area contributed by atoms with E-state index in [0.29, 0.717) is 13.0 Å². The number of carbonyl (C=O) groups is 1. The smallest absolute Gasteiger partial charge is 0.221 e. The van der Waals surface area contributed by atoms with Crippen molar-refractivity contribution < 1.29 is 4.79 Å². The van der Waals surface area contributed by atoms with Crippen LogP contribution in [0.25, 0.3) is 0 Å². The minimum atomic E-state index is -0.103. The van der Waals surface area contributed by atoms with Gasteiger partial charge >= 0.3 is 0 Å². The van der Waals surface area contributed by atoms with Gasteiger partial charge in [-0.1, -0.05) is 39.0 Å². The first-order valence-corrected chi connectivity index (χ1v) is 7.58. The summed E-state index contributed by atoms with van der Waals surface area (Å²) in [4.78, 5) is 12.9. The molecule has 0 saturated heterocycles. The van der Waals surface area contributed by atoms with Gasteiger partial charge in [-0.3, -0.25) is 4.79 Å². The molecule has 0 saturated carbocycles. The molecule has 1 atom stereocenters. The average molecular weight is 280 g/mol. The zero-order chi connectivity index (χ0) is 14.3. The molecule has 19 heavy (non-hydrogen) atoms. The minimum Gasteiger partial charge on any atom is -0.355 e. The van der Waals surface area contributed by atoms with Crippen LogP contribution in [0.5, 0.6) is 0 Å². The Morgan fingerprint density at radius 1 is 1.32 bits per heavy atom. The number of benzene rings is 1. The van der Waals surface area contributed by atoms with Crippen LogP contribution < -0.4 is 11.1 Å². The highest BCUT2D eigenvalue weighted by Gasteiger charge is 2.22. The van der Waals surface area contributed by atoms with Gasteiger partial charge in [0.2, 0.25) is 5.91 Å². The number of rotatable bonds is 6. The Morgan fingerprint density at radius 2 is 1.95 bits per heavy atom. The Hall–Kier alpha value is -1.00. The van der Waals surface area contributed by atoms with Crippen molar-refractivity contribution in [1.82, 2.24) is 5.32 Å². The average Bonchev–Trinajstić information content (AvgIpc) is 2.35. The van der Waals surface area contributed by atoms with E-state index in [0.717, 1.165) is 5.75 Å². The Kier molecular flexibility index (Phi) is 6.38. The van der Waals surface area contributed by atoms with Crippen molar-refractivity contribution in [2.45, 2.75) is 38.1 Å². The van der Waals surface area contributed by atoms with Gasteiger partial charge in [-0.15, -0.1) is 11.8 Å². The van der Waals surface area contributed by atoms with Gasteiger partial charge in [-0.05, 0) is 17.5 Å². The number of amides is 1. The fourth-order valence-electron chi connectivity index (χ4n) is 1.45. The molecule has 0 aromatic heterocycles. The molecule has 1 amide bonds. The highest BCUT2D eigenvalue weighted by atomic mass is 32.2. The lowest BCUT2D eigenvalue weighted by atomic mass is 9.85. The molecule has 0 spiro atoms. The van der Waals surface area contributed by atoms with Crippen molar-refractivity contribution in [3.8, 4) is 0 Å². The lowest BCUT2D eigenvalue weighted by Crippen LogP contribution is -2.40. The minimum absolute atomic E-state index is 0.0316. The number of hydrogen-bond acceptors (Lipinski definition) is 3. The van der Waals surface area contributed by atoms with Crippen molar-refractivity contribution in [2.24, 2.45) is 11.1 Å². The predicted octanol–water partition coefficient (Wildman–Crippen LogP) is 2.66. The van der Waals surface area contributed by atoms with Gasteiger partial charge in [0.15, 0.2) is 0 Å². The maximum atomic E-state index is 11.7. The van der Waals surface area contributed by atoms with Crippen molar-refractivity contribution in [3.63, 3.8) is 0 Å². The van der Waals surface area contributed by atoms with Crippen molar-refractivity contribution >= 4 is 17.7 Å². The molecule has 4 heteroatoms. The molecular formula is C15H24N2OS. The monoisotopic (exact) mass is 280 g/mol. The second-order valence-electron chi connectivity index (χ2n) is 5.69. The van der Waals surface area contributed by atoms with Crippen molar-refractivity contribution in [2.75, 3.05) is 12.3 Å². The first kappa shape index (κ1) is 16.1. The van der Waals surface area contributed by atoms with Crippen molar-refractivity contribution in [1.29, 1.82) is 0 Å². The Bertz CT molecular complexity index is 387. The summed E-state index contributed by atoms with van der Waals surface area (Å²) in [5.74, 6) is 0.914. The van der Waals surface area contributed by atoms with E-state index in [2.05, 4.69) is 38.2 Å². The van der Waals surface area contributed by atoms with E-state index in [-0.39, 0.29) is 17.4 Å². The fraction of sp³-hybridized carbons (Fsp3) is 0.533. The molecular weight excluding hydrogens is 256 g/mol. The fourth-order valence-corrected chi connectivity index (χ4v) is 2.24. The zero-order valence-corrected chi connectivity index (χ0v) is 12.8. The summed E-state index contributed by atoms with van der Waals surface area (Å²) in [6.07, 6.45) is 0.388. The molecule has 0 aliphatic heterocycles. The molecule has 0 aliphatic rings. The normalized spacial score (nSPS) is 13.1.